The number of benzene rings is 2. The Labute approximate surface area is 175 Å². The third kappa shape index (κ3) is 6.50. The van der Waals surface area contributed by atoms with E-state index in [-0.39, 0.29) is 5.91 Å². The molecule has 29 heavy (non-hydrogen) atoms. The molecule has 0 spiro atoms. The predicted octanol–water partition coefficient (Wildman–Crippen LogP) is 3.84. The van der Waals surface area contributed by atoms with Crippen LogP contribution in [0.4, 0.5) is 0 Å². The Balaban J connectivity index is 1.49. The average molecular weight is 409 g/mol. The lowest BCUT2D eigenvalue weighted by Gasteiger charge is -2.09. The van der Waals surface area contributed by atoms with Crippen LogP contribution < -0.4 is 10.1 Å². The minimum Gasteiger partial charge on any atom is -0.486 e. The number of amides is 1. The zero-order valence-electron chi connectivity index (χ0n) is 16.2. The van der Waals surface area contributed by atoms with Gasteiger partial charge in [0.25, 0.3) is 0 Å². The fraction of sp³-hybridized carbons (Fsp3) is 0.227. The quantitative estimate of drug-likeness (QED) is 0.386. The van der Waals surface area contributed by atoms with Crippen LogP contribution in [0.1, 0.15) is 17.8 Å². The Morgan fingerprint density at radius 2 is 1.83 bits per heavy atom. The van der Waals surface area contributed by atoms with Crippen LogP contribution in [-0.4, -0.2) is 26.4 Å². The van der Waals surface area contributed by atoms with Crippen molar-refractivity contribution in [1.82, 2.24) is 20.1 Å². The zero-order chi connectivity index (χ0) is 20.3. The highest BCUT2D eigenvalue weighted by Crippen LogP contribution is 2.19. The van der Waals surface area contributed by atoms with Gasteiger partial charge in [0, 0.05) is 25.3 Å². The number of hydrogen-bond donors (Lipinski definition) is 1. The summed E-state index contributed by atoms with van der Waals surface area (Å²) in [6.45, 7) is 5.26. The van der Waals surface area contributed by atoms with E-state index in [2.05, 4.69) is 22.1 Å². The molecule has 7 heteroatoms. The van der Waals surface area contributed by atoms with Crippen molar-refractivity contribution in [2.75, 3.05) is 5.75 Å². The number of nitrogens with one attached hydrogen (secondary N) is 1. The standard InChI is InChI=1S/C22H24N4O2S/c1-2-14-26-20(17-28-19-11-7-4-8-12-19)24-25-22(26)29-15-13-21(27)23-16-18-9-5-3-6-10-18/h2-12H,1,13-17H2,(H,23,27). The molecule has 0 bridgehead atoms. The lowest BCUT2D eigenvalue weighted by Crippen LogP contribution is -2.23. The number of nitrogens with zero attached hydrogens (tertiary/aromatic N) is 3. The second-order valence-electron chi connectivity index (χ2n) is 6.26. The van der Waals surface area contributed by atoms with Crippen molar-refractivity contribution in [2.24, 2.45) is 0 Å². The molecule has 0 radical (unpaired) electrons. The molecule has 1 amide bonds. The molecule has 0 aliphatic rings. The highest BCUT2D eigenvalue weighted by Gasteiger charge is 2.13. The second kappa shape index (κ2) is 11.1. The van der Waals surface area contributed by atoms with Crippen LogP contribution in [-0.2, 0) is 24.5 Å². The van der Waals surface area contributed by atoms with Crippen molar-refractivity contribution in [3.05, 3.63) is 84.7 Å². The molecule has 3 aromatic rings. The largest absolute Gasteiger partial charge is 0.486 e. The number of hydrogen-bond acceptors (Lipinski definition) is 5. The Bertz CT molecular complexity index is 913. The van der Waals surface area contributed by atoms with Gasteiger partial charge in [0.05, 0.1) is 0 Å². The van der Waals surface area contributed by atoms with Crippen LogP contribution in [0.15, 0.2) is 78.5 Å². The van der Waals surface area contributed by atoms with Crippen molar-refractivity contribution in [3.8, 4) is 5.75 Å². The number of allylic oxidation sites excluding steroid dienone is 1. The van der Waals surface area contributed by atoms with Crippen LogP contribution in [0.5, 0.6) is 5.75 Å². The molecule has 1 heterocycles. The van der Waals surface area contributed by atoms with E-state index in [1.807, 2.05) is 65.2 Å². The predicted molar refractivity (Wildman–Crippen MR) is 115 cm³/mol. The maximum absolute atomic E-state index is 12.1. The zero-order valence-corrected chi connectivity index (χ0v) is 17.0. The summed E-state index contributed by atoms with van der Waals surface area (Å²) in [6.07, 6.45) is 2.21. The van der Waals surface area contributed by atoms with E-state index in [0.717, 1.165) is 22.3 Å². The molecule has 2 aromatic carbocycles. The smallest absolute Gasteiger partial charge is 0.221 e. The molecule has 150 valence electrons. The molecule has 0 aliphatic heterocycles. The summed E-state index contributed by atoms with van der Waals surface area (Å²) in [6, 6.07) is 19.5. The van der Waals surface area contributed by atoms with E-state index < -0.39 is 0 Å². The molecule has 0 atom stereocenters. The maximum atomic E-state index is 12.1. The third-order valence-corrected chi connectivity index (χ3v) is 5.08. The van der Waals surface area contributed by atoms with Gasteiger partial charge in [-0.05, 0) is 17.7 Å². The number of thioether (sulfide) groups is 1. The van der Waals surface area contributed by atoms with Gasteiger partial charge >= 0.3 is 0 Å². The summed E-state index contributed by atoms with van der Waals surface area (Å²) < 4.78 is 7.74. The fourth-order valence-electron chi connectivity index (χ4n) is 2.63. The van der Waals surface area contributed by atoms with Gasteiger partial charge in [-0.3, -0.25) is 9.36 Å². The van der Waals surface area contributed by atoms with Crippen molar-refractivity contribution >= 4 is 17.7 Å². The number of carbonyl (C=O) groups excluding carboxylic acids is 1. The molecule has 0 aliphatic carbocycles. The Morgan fingerprint density at radius 1 is 1.10 bits per heavy atom. The minimum atomic E-state index is 0.0174. The average Bonchev–Trinajstić information content (AvgIpc) is 3.14. The topological polar surface area (TPSA) is 69.0 Å². The number of para-hydroxylation sites is 1. The molecule has 6 nitrogen and oxygen atoms in total. The summed E-state index contributed by atoms with van der Waals surface area (Å²) in [4.78, 5) is 12.1. The number of carbonyl (C=O) groups is 1. The lowest BCUT2D eigenvalue weighted by atomic mass is 10.2. The van der Waals surface area contributed by atoms with E-state index in [1.165, 1.54) is 11.8 Å². The van der Waals surface area contributed by atoms with Gasteiger partial charge < -0.3 is 10.1 Å². The number of aromatic nitrogens is 3. The van der Waals surface area contributed by atoms with Gasteiger partial charge in [-0.2, -0.15) is 0 Å². The summed E-state index contributed by atoms with van der Waals surface area (Å²) in [5.41, 5.74) is 1.09. The van der Waals surface area contributed by atoms with Crippen LogP contribution >= 0.6 is 11.8 Å². The molecule has 0 saturated carbocycles. The third-order valence-electron chi connectivity index (χ3n) is 4.11. The molecule has 0 fully saturated rings. The van der Waals surface area contributed by atoms with E-state index in [9.17, 15) is 4.79 Å². The SMILES string of the molecule is C=CCn1c(COc2ccccc2)nnc1SCCC(=O)NCc1ccccc1. The van der Waals surface area contributed by atoms with Crippen LogP contribution in [0, 0.1) is 0 Å². The molecule has 0 unspecified atom stereocenters. The summed E-state index contributed by atoms with van der Waals surface area (Å²) in [5, 5.41) is 12.2. The first-order chi connectivity index (χ1) is 14.3. The molecule has 0 saturated heterocycles. The van der Waals surface area contributed by atoms with E-state index in [4.69, 9.17) is 4.74 Å². The van der Waals surface area contributed by atoms with Crippen molar-refractivity contribution < 1.29 is 9.53 Å². The summed E-state index contributed by atoms with van der Waals surface area (Å²) in [7, 11) is 0. The van der Waals surface area contributed by atoms with Crippen molar-refractivity contribution in [2.45, 2.75) is 31.3 Å². The Morgan fingerprint density at radius 3 is 2.55 bits per heavy atom. The van der Waals surface area contributed by atoms with Gasteiger partial charge in [-0.15, -0.1) is 16.8 Å². The number of rotatable bonds is 11. The first kappa shape index (κ1) is 20.7. The Hall–Kier alpha value is -3.06. The summed E-state index contributed by atoms with van der Waals surface area (Å²) in [5.74, 6) is 2.15. The molecular weight excluding hydrogens is 384 g/mol. The van der Waals surface area contributed by atoms with E-state index in [0.29, 0.717) is 31.9 Å². The first-order valence-corrected chi connectivity index (χ1v) is 10.4. The van der Waals surface area contributed by atoms with E-state index in [1.54, 1.807) is 6.08 Å². The fourth-order valence-corrected chi connectivity index (χ4v) is 3.53. The molecule has 3 rings (SSSR count). The lowest BCUT2D eigenvalue weighted by molar-refractivity contribution is -0.120. The maximum Gasteiger partial charge on any atom is 0.221 e. The van der Waals surface area contributed by atoms with Gasteiger partial charge in [0.2, 0.25) is 5.91 Å². The van der Waals surface area contributed by atoms with Crippen LogP contribution in [0.3, 0.4) is 0 Å². The van der Waals surface area contributed by atoms with Crippen LogP contribution in [0.25, 0.3) is 0 Å². The van der Waals surface area contributed by atoms with E-state index >= 15 is 0 Å². The highest BCUT2D eigenvalue weighted by molar-refractivity contribution is 7.99. The molecule has 1 N–H and O–H groups in total. The minimum absolute atomic E-state index is 0.0174. The highest BCUT2D eigenvalue weighted by atomic mass is 32.2. The van der Waals surface area contributed by atoms with Gasteiger partial charge in [0.1, 0.15) is 12.4 Å². The first-order valence-electron chi connectivity index (χ1n) is 9.40. The normalized spacial score (nSPS) is 10.5. The molecule has 1 aromatic heterocycles. The monoisotopic (exact) mass is 408 g/mol. The van der Waals surface area contributed by atoms with Crippen molar-refractivity contribution in [3.63, 3.8) is 0 Å². The number of ether oxygens (including phenoxy) is 1. The second-order valence-corrected chi connectivity index (χ2v) is 7.32. The van der Waals surface area contributed by atoms with Gasteiger partial charge in [-0.1, -0.05) is 66.4 Å². The Kier molecular flexibility index (Phi) is 7.89. The molecular formula is C22H24N4O2S. The van der Waals surface area contributed by atoms with Gasteiger partial charge in [0.15, 0.2) is 11.0 Å². The van der Waals surface area contributed by atoms with Gasteiger partial charge in [-0.25, -0.2) is 0 Å². The van der Waals surface area contributed by atoms with Crippen LogP contribution in [0.2, 0.25) is 0 Å². The summed E-state index contributed by atoms with van der Waals surface area (Å²) >= 11 is 1.50. The van der Waals surface area contributed by atoms with Crippen molar-refractivity contribution in [1.29, 1.82) is 0 Å².